The molecule has 0 spiro atoms. The van der Waals surface area contributed by atoms with Crippen LogP contribution in [0.15, 0.2) is 30.3 Å². The maximum absolute atomic E-state index is 12.9. The van der Waals surface area contributed by atoms with Gasteiger partial charge in [0.1, 0.15) is 0 Å². The number of nitrogens with one attached hydrogen (secondary N) is 1. The Hall–Kier alpha value is -2.32. The lowest BCUT2D eigenvalue weighted by Crippen LogP contribution is -2.49. The Morgan fingerprint density at radius 1 is 1.13 bits per heavy atom. The summed E-state index contributed by atoms with van der Waals surface area (Å²) in [5.74, 6) is 2.10. The summed E-state index contributed by atoms with van der Waals surface area (Å²) in [4.78, 5) is 29.8. The number of carbonyl (C=O) groups excluding carboxylic acids is 2. The Morgan fingerprint density at radius 2 is 1.87 bits per heavy atom. The summed E-state index contributed by atoms with van der Waals surface area (Å²) < 4.78 is 1.85. The van der Waals surface area contributed by atoms with Crippen molar-refractivity contribution in [3.63, 3.8) is 0 Å². The maximum atomic E-state index is 12.9. The van der Waals surface area contributed by atoms with Gasteiger partial charge >= 0.3 is 0 Å². The van der Waals surface area contributed by atoms with Gasteiger partial charge in [-0.3, -0.25) is 14.5 Å². The summed E-state index contributed by atoms with van der Waals surface area (Å²) >= 11 is 1.89. The van der Waals surface area contributed by atoms with Crippen LogP contribution in [0, 0.1) is 13.8 Å². The number of aromatic nitrogens is 2. The predicted octanol–water partition coefficient (Wildman–Crippen LogP) is 2.47. The molecule has 0 aliphatic carbocycles. The van der Waals surface area contributed by atoms with Crippen molar-refractivity contribution in [3.8, 4) is 5.69 Å². The normalized spacial score (nSPS) is 19.8. The molecule has 2 fully saturated rings. The largest absolute Gasteiger partial charge is 0.340 e. The SMILES string of the molecule is Cc1nn(-c2ccccc2)c(C)c1NC(=O)CN1CCCC1C(=O)N1CCSCC1. The van der Waals surface area contributed by atoms with Crippen molar-refractivity contribution in [2.24, 2.45) is 0 Å². The monoisotopic (exact) mass is 427 g/mol. The van der Waals surface area contributed by atoms with Crippen molar-refractivity contribution in [1.82, 2.24) is 19.6 Å². The Bertz CT molecular complexity index is 908. The van der Waals surface area contributed by atoms with Crippen LogP contribution in [0.5, 0.6) is 0 Å². The molecule has 30 heavy (non-hydrogen) atoms. The second-order valence-electron chi connectivity index (χ2n) is 7.91. The number of rotatable bonds is 5. The first kappa shape index (κ1) is 20.9. The molecule has 2 aliphatic rings. The van der Waals surface area contributed by atoms with Gasteiger partial charge in [-0.25, -0.2) is 4.68 Å². The van der Waals surface area contributed by atoms with Gasteiger partial charge in [-0.2, -0.15) is 16.9 Å². The molecular formula is C22H29N5O2S. The van der Waals surface area contributed by atoms with Gasteiger partial charge in [0.05, 0.1) is 35.3 Å². The summed E-state index contributed by atoms with van der Waals surface area (Å²) in [6.07, 6.45) is 1.79. The van der Waals surface area contributed by atoms with Crippen molar-refractivity contribution in [2.45, 2.75) is 32.7 Å². The molecule has 160 valence electrons. The first-order valence-electron chi connectivity index (χ1n) is 10.6. The number of nitrogens with zero attached hydrogens (tertiary/aromatic N) is 4. The van der Waals surface area contributed by atoms with E-state index >= 15 is 0 Å². The van der Waals surface area contributed by atoms with E-state index < -0.39 is 0 Å². The minimum absolute atomic E-state index is 0.0947. The Kier molecular flexibility index (Phi) is 6.43. The lowest BCUT2D eigenvalue weighted by atomic mass is 10.2. The van der Waals surface area contributed by atoms with Gasteiger partial charge in [-0.1, -0.05) is 18.2 Å². The van der Waals surface area contributed by atoms with Gasteiger partial charge in [-0.15, -0.1) is 0 Å². The predicted molar refractivity (Wildman–Crippen MR) is 120 cm³/mol. The van der Waals surface area contributed by atoms with Gasteiger partial charge < -0.3 is 10.2 Å². The first-order chi connectivity index (χ1) is 14.5. The van der Waals surface area contributed by atoms with Gasteiger partial charge in [-0.05, 0) is 45.4 Å². The van der Waals surface area contributed by atoms with Crippen molar-refractivity contribution in [3.05, 3.63) is 41.7 Å². The maximum Gasteiger partial charge on any atom is 0.239 e. The third-order valence-electron chi connectivity index (χ3n) is 5.87. The molecule has 0 saturated carbocycles. The van der Waals surface area contributed by atoms with E-state index in [0.29, 0.717) is 0 Å². The van der Waals surface area contributed by atoms with Gasteiger partial charge in [0.2, 0.25) is 11.8 Å². The summed E-state index contributed by atoms with van der Waals surface area (Å²) in [6.45, 7) is 6.51. The molecular weight excluding hydrogens is 398 g/mol. The molecule has 1 atom stereocenters. The zero-order chi connectivity index (χ0) is 21.1. The van der Waals surface area contributed by atoms with Gasteiger partial charge in [0, 0.05) is 24.6 Å². The zero-order valence-electron chi connectivity index (χ0n) is 17.6. The molecule has 3 heterocycles. The second-order valence-corrected chi connectivity index (χ2v) is 9.13. The molecule has 1 aromatic carbocycles. The van der Waals surface area contributed by atoms with Gasteiger partial charge in [0.25, 0.3) is 0 Å². The third-order valence-corrected chi connectivity index (χ3v) is 6.82. The average molecular weight is 428 g/mol. The van der Waals surface area contributed by atoms with E-state index in [4.69, 9.17) is 0 Å². The molecule has 2 saturated heterocycles. The first-order valence-corrected chi connectivity index (χ1v) is 11.7. The number of likely N-dealkylation sites (tertiary alicyclic amines) is 1. The topological polar surface area (TPSA) is 70.5 Å². The van der Waals surface area contributed by atoms with E-state index in [-0.39, 0.29) is 24.4 Å². The van der Waals surface area contributed by atoms with Crippen molar-refractivity contribution in [2.75, 3.05) is 43.0 Å². The molecule has 8 heteroatoms. The van der Waals surface area contributed by atoms with Crippen molar-refractivity contribution >= 4 is 29.3 Å². The third kappa shape index (κ3) is 4.39. The van der Waals surface area contributed by atoms with Crippen LogP contribution in [-0.4, -0.2) is 75.1 Å². The number of carbonyl (C=O) groups is 2. The number of benzene rings is 1. The number of aryl methyl sites for hydroxylation is 1. The zero-order valence-corrected chi connectivity index (χ0v) is 18.5. The lowest BCUT2D eigenvalue weighted by molar-refractivity contribution is -0.136. The highest BCUT2D eigenvalue weighted by Crippen LogP contribution is 2.24. The lowest BCUT2D eigenvalue weighted by Gasteiger charge is -2.32. The highest BCUT2D eigenvalue weighted by molar-refractivity contribution is 7.99. The van der Waals surface area contributed by atoms with Crippen LogP contribution in [0.1, 0.15) is 24.2 Å². The Balaban J connectivity index is 1.42. The molecule has 0 bridgehead atoms. The summed E-state index contributed by atoms with van der Waals surface area (Å²) in [6, 6.07) is 9.71. The molecule has 2 aromatic rings. The van der Waals surface area contributed by atoms with E-state index in [1.807, 2.05) is 70.4 Å². The molecule has 0 radical (unpaired) electrons. The van der Waals surface area contributed by atoms with Crippen molar-refractivity contribution < 1.29 is 9.59 Å². The molecule has 1 N–H and O–H groups in total. The molecule has 7 nitrogen and oxygen atoms in total. The number of anilines is 1. The molecule has 1 unspecified atom stereocenters. The van der Waals surface area contributed by atoms with Gasteiger partial charge in [0.15, 0.2) is 0 Å². The summed E-state index contributed by atoms with van der Waals surface area (Å²) in [7, 11) is 0. The molecule has 2 aliphatic heterocycles. The minimum Gasteiger partial charge on any atom is -0.340 e. The minimum atomic E-state index is -0.173. The average Bonchev–Trinajstić information content (AvgIpc) is 3.34. The fourth-order valence-corrected chi connectivity index (χ4v) is 5.20. The van der Waals surface area contributed by atoms with Crippen LogP contribution < -0.4 is 5.32 Å². The number of hydrogen-bond acceptors (Lipinski definition) is 5. The number of amides is 2. The second kappa shape index (κ2) is 9.22. The van der Waals surface area contributed by atoms with E-state index in [1.165, 1.54) is 0 Å². The number of hydrogen-bond donors (Lipinski definition) is 1. The Labute approximate surface area is 181 Å². The van der Waals surface area contributed by atoms with Crippen LogP contribution in [0.25, 0.3) is 5.69 Å². The number of thioether (sulfide) groups is 1. The molecule has 1 aromatic heterocycles. The van der Waals surface area contributed by atoms with Crippen LogP contribution in [0.2, 0.25) is 0 Å². The van der Waals surface area contributed by atoms with Crippen LogP contribution in [0.3, 0.4) is 0 Å². The van der Waals surface area contributed by atoms with E-state index in [9.17, 15) is 9.59 Å². The fourth-order valence-electron chi connectivity index (χ4n) is 4.30. The standard InChI is InChI=1S/C22H29N5O2S/c1-16-21(17(2)27(24-16)18-7-4-3-5-8-18)23-20(28)15-26-10-6-9-19(26)22(29)25-11-13-30-14-12-25/h3-5,7-8,19H,6,9-15H2,1-2H3,(H,23,28). The number of para-hydroxylation sites is 1. The summed E-state index contributed by atoms with van der Waals surface area (Å²) in [5, 5.41) is 7.64. The van der Waals surface area contributed by atoms with Crippen molar-refractivity contribution in [1.29, 1.82) is 0 Å². The van der Waals surface area contributed by atoms with Crippen LogP contribution in [-0.2, 0) is 9.59 Å². The smallest absolute Gasteiger partial charge is 0.239 e. The van der Waals surface area contributed by atoms with Crippen LogP contribution >= 0.6 is 11.8 Å². The molecule has 2 amide bonds. The van der Waals surface area contributed by atoms with E-state index in [1.54, 1.807) is 0 Å². The highest BCUT2D eigenvalue weighted by Gasteiger charge is 2.35. The van der Waals surface area contributed by atoms with E-state index in [2.05, 4.69) is 10.4 Å². The summed E-state index contributed by atoms with van der Waals surface area (Å²) in [5.41, 5.74) is 3.39. The van der Waals surface area contributed by atoms with E-state index in [0.717, 1.165) is 66.7 Å². The molecule has 4 rings (SSSR count). The fraction of sp³-hybridized carbons (Fsp3) is 0.500. The Morgan fingerprint density at radius 3 is 2.60 bits per heavy atom. The van der Waals surface area contributed by atoms with Crippen LogP contribution in [0.4, 0.5) is 5.69 Å². The highest BCUT2D eigenvalue weighted by atomic mass is 32.2. The quantitative estimate of drug-likeness (QED) is 0.794.